The summed E-state index contributed by atoms with van der Waals surface area (Å²) in [6.07, 6.45) is 0. The van der Waals surface area contributed by atoms with Crippen LogP contribution in [0.1, 0.15) is 15.9 Å². The Morgan fingerprint density at radius 3 is 2.65 bits per heavy atom. The molecule has 0 unspecified atom stereocenters. The number of thioether (sulfide) groups is 1. The van der Waals surface area contributed by atoms with Gasteiger partial charge in [0.15, 0.2) is 22.1 Å². The van der Waals surface area contributed by atoms with Gasteiger partial charge in [-0.25, -0.2) is 9.78 Å². The third kappa shape index (κ3) is 4.53. The molecule has 2 aromatic carbocycles. The molecule has 0 spiro atoms. The van der Waals surface area contributed by atoms with Crippen LogP contribution in [0.2, 0.25) is 5.02 Å². The van der Waals surface area contributed by atoms with E-state index in [0.717, 1.165) is 10.0 Å². The number of hydrogen-bond acceptors (Lipinski definition) is 5. The van der Waals surface area contributed by atoms with Crippen LogP contribution in [0, 0.1) is 0 Å². The molecule has 10 heteroatoms. The molecule has 31 heavy (non-hydrogen) atoms. The van der Waals surface area contributed by atoms with E-state index in [1.807, 2.05) is 24.3 Å². The van der Waals surface area contributed by atoms with Crippen molar-refractivity contribution < 1.29 is 4.79 Å². The number of hydrogen-bond donors (Lipinski definition) is 1. The molecule has 0 aliphatic heterocycles. The Morgan fingerprint density at radius 1 is 1.19 bits per heavy atom. The molecule has 0 saturated carbocycles. The number of Topliss-reactive ketones (excluding diaryl/α,β-unsaturated/α-hetero) is 1. The van der Waals surface area contributed by atoms with Crippen molar-refractivity contribution in [3.8, 4) is 0 Å². The number of H-pyrrole nitrogens is 1. The summed E-state index contributed by atoms with van der Waals surface area (Å²) in [5.74, 6) is 0.0282. The van der Waals surface area contributed by atoms with Gasteiger partial charge < -0.3 is 4.57 Å². The largest absolute Gasteiger partial charge is 0.329 e. The van der Waals surface area contributed by atoms with Crippen LogP contribution in [0.4, 0.5) is 0 Å². The number of aromatic nitrogens is 4. The number of carbonyl (C=O) groups is 1. The second kappa shape index (κ2) is 8.86. The summed E-state index contributed by atoms with van der Waals surface area (Å²) >= 11 is 10.6. The Kier molecular flexibility index (Phi) is 6.17. The minimum Gasteiger partial charge on any atom is -0.309 e. The summed E-state index contributed by atoms with van der Waals surface area (Å²) in [7, 11) is 1.55. The summed E-state index contributed by atoms with van der Waals surface area (Å²) in [6.45, 7) is 0.356. The highest BCUT2D eigenvalue weighted by Crippen LogP contribution is 2.25. The lowest BCUT2D eigenvalue weighted by atomic mass is 10.1. The lowest BCUT2D eigenvalue weighted by Crippen LogP contribution is -2.29. The molecular weight excluding hydrogens is 504 g/mol. The van der Waals surface area contributed by atoms with E-state index in [1.165, 1.54) is 16.3 Å². The maximum absolute atomic E-state index is 12.6. The molecule has 0 aliphatic rings. The van der Waals surface area contributed by atoms with Gasteiger partial charge >= 0.3 is 5.69 Å². The van der Waals surface area contributed by atoms with E-state index >= 15 is 0 Å². The Balaban J connectivity index is 1.74. The Hall–Kier alpha value is -2.62. The van der Waals surface area contributed by atoms with Crippen molar-refractivity contribution in [1.82, 2.24) is 19.1 Å². The number of fused-ring (bicyclic) bond motifs is 1. The van der Waals surface area contributed by atoms with E-state index in [-0.39, 0.29) is 22.7 Å². The first-order valence-electron chi connectivity index (χ1n) is 9.19. The van der Waals surface area contributed by atoms with Crippen molar-refractivity contribution in [2.45, 2.75) is 11.7 Å². The van der Waals surface area contributed by atoms with Gasteiger partial charge in [0.2, 0.25) is 0 Å². The first-order valence-corrected chi connectivity index (χ1v) is 11.3. The SMILES string of the molecule is Cn1c(=O)[nH]c(=O)c2c1nc(SCC(=O)c1ccc(Cl)cc1)n2Cc1cccc(Br)c1. The topological polar surface area (TPSA) is 89.8 Å². The number of imidazole rings is 1. The number of nitrogens with zero attached hydrogens (tertiary/aromatic N) is 3. The van der Waals surface area contributed by atoms with Crippen LogP contribution in [0.3, 0.4) is 0 Å². The molecular formula is C21H16BrClN4O3S. The van der Waals surface area contributed by atoms with E-state index in [0.29, 0.717) is 22.3 Å². The number of halogens is 2. The Labute approximate surface area is 194 Å². The normalized spacial score (nSPS) is 11.2. The van der Waals surface area contributed by atoms with Gasteiger partial charge in [0.25, 0.3) is 5.56 Å². The maximum Gasteiger partial charge on any atom is 0.329 e. The predicted molar refractivity (Wildman–Crippen MR) is 125 cm³/mol. The van der Waals surface area contributed by atoms with E-state index < -0.39 is 11.2 Å². The number of aryl methyl sites for hydroxylation is 1. The average molecular weight is 520 g/mol. The summed E-state index contributed by atoms with van der Waals surface area (Å²) < 4.78 is 3.93. The molecule has 1 N–H and O–H groups in total. The number of rotatable bonds is 6. The van der Waals surface area contributed by atoms with Gasteiger partial charge in [0, 0.05) is 22.1 Å². The highest BCUT2D eigenvalue weighted by molar-refractivity contribution is 9.10. The minimum atomic E-state index is -0.543. The molecule has 158 valence electrons. The number of aromatic amines is 1. The van der Waals surface area contributed by atoms with Crippen LogP contribution in [0.25, 0.3) is 11.2 Å². The van der Waals surface area contributed by atoms with Crippen molar-refractivity contribution in [1.29, 1.82) is 0 Å². The number of nitrogens with one attached hydrogen (secondary N) is 1. The van der Waals surface area contributed by atoms with Gasteiger partial charge in [-0.15, -0.1) is 0 Å². The average Bonchev–Trinajstić information content (AvgIpc) is 3.10. The van der Waals surface area contributed by atoms with Crippen LogP contribution < -0.4 is 11.2 Å². The number of ketones is 1. The van der Waals surface area contributed by atoms with Gasteiger partial charge in [-0.05, 0) is 42.0 Å². The molecule has 0 amide bonds. The van der Waals surface area contributed by atoms with Crippen molar-refractivity contribution in [2.24, 2.45) is 7.05 Å². The van der Waals surface area contributed by atoms with Crippen LogP contribution in [0.5, 0.6) is 0 Å². The summed E-state index contributed by atoms with van der Waals surface area (Å²) in [6, 6.07) is 14.3. The molecule has 0 fully saturated rings. The monoisotopic (exact) mass is 518 g/mol. The molecule has 0 aliphatic carbocycles. The van der Waals surface area contributed by atoms with Gasteiger partial charge in [-0.2, -0.15) is 0 Å². The fourth-order valence-corrected chi connectivity index (χ4v) is 4.60. The summed E-state index contributed by atoms with van der Waals surface area (Å²) in [5, 5.41) is 1.03. The second-order valence-corrected chi connectivity index (χ2v) is 9.11. The van der Waals surface area contributed by atoms with Crippen LogP contribution in [-0.4, -0.2) is 30.6 Å². The standard InChI is InChI=1S/C21H16BrClN4O3S/c1-26-18-17(19(29)25-20(26)30)27(10-12-3-2-4-14(22)9-12)21(24-18)31-11-16(28)13-5-7-15(23)8-6-13/h2-9H,10-11H2,1H3,(H,25,29,30). The second-order valence-electron chi connectivity index (χ2n) is 6.82. The highest BCUT2D eigenvalue weighted by Gasteiger charge is 2.19. The van der Waals surface area contributed by atoms with Gasteiger partial charge in [0.1, 0.15) is 0 Å². The molecule has 0 saturated heterocycles. The third-order valence-electron chi connectivity index (χ3n) is 4.70. The van der Waals surface area contributed by atoms with E-state index in [4.69, 9.17) is 11.6 Å². The van der Waals surface area contributed by atoms with Crippen LogP contribution in [-0.2, 0) is 13.6 Å². The summed E-state index contributed by atoms with van der Waals surface area (Å²) in [4.78, 5) is 44.1. The first kappa shape index (κ1) is 21.6. The molecule has 7 nitrogen and oxygen atoms in total. The minimum absolute atomic E-state index is 0.0921. The zero-order valence-electron chi connectivity index (χ0n) is 16.3. The zero-order chi connectivity index (χ0) is 22.1. The van der Waals surface area contributed by atoms with E-state index in [9.17, 15) is 14.4 Å². The first-order chi connectivity index (χ1) is 14.8. The van der Waals surface area contributed by atoms with Gasteiger partial charge in [-0.3, -0.25) is 19.1 Å². The molecule has 0 bridgehead atoms. The molecule has 4 aromatic rings. The van der Waals surface area contributed by atoms with Crippen molar-refractivity contribution in [3.05, 3.63) is 90.0 Å². The van der Waals surface area contributed by atoms with Crippen LogP contribution >= 0.6 is 39.3 Å². The summed E-state index contributed by atoms with van der Waals surface area (Å²) in [5.41, 5.74) is 0.966. The Bertz CT molecular complexity index is 1410. The highest BCUT2D eigenvalue weighted by atomic mass is 79.9. The number of benzene rings is 2. The van der Waals surface area contributed by atoms with E-state index in [2.05, 4.69) is 25.9 Å². The lowest BCUT2D eigenvalue weighted by Gasteiger charge is -2.09. The molecule has 0 atom stereocenters. The lowest BCUT2D eigenvalue weighted by molar-refractivity contribution is 0.102. The molecule has 2 aromatic heterocycles. The van der Waals surface area contributed by atoms with Gasteiger partial charge in [-0.1, -0.05) is 51.4 Å². The maximum atomic E-state index is 12.6. The van der Waals surface area contributed by atoms with Crippen molar-refractivity contribution >= 4 is 56.2 Å². The molecule has 2 heterocycles. The smallest absolute Gasteiger partial charge is 0.309 e. The predicted octanol–water partition coefficient (Wildman–Crippen LogP) is 3.86. The fraction of sp³-hybridized carbons (Fsp3) is 0.143. The fourth-order valence-electron chi connectivity index (χ4n) is 3.14. The number of carbonyl (C=O) groups excluding carboxylic acids is 1. The van der Waals surface area contributed by atoms with Crippen LogP contribution in [0.15, 0.2) is 67.7 Å². The molecule has 0 radical (unpaired) electrons. The third-order valence-corrected chi connectivity index (χ3v) is 6.42. The Morgan fingerprint density at radius 2 is 1.94 bits per heavy atom. The van der Waals surface area contributed by atoms with Crippen molar-refractivity contribution in [3.63, 3.8) is 0 Å². The van der Waals surface area contributed by atoms with Gasteiger partial charge in [0.05, 0.1) is 12.3 Å². The van der Waals surface area contributed by atoms with E-state index in [1.54, 1.807) is 35.9 Å². The zero-order valence-corrected chi connectivity index (χ0v) is 19.4. The quantitative estimate of drug-likeness (QED) is 0.309. The van der Waals surface area contributed by atoms with Crippen molar-refractivity contribution in [2.75, 3.05) is 5.75 Å². The molecule has 4 rings (SSSR count).